The lowest BCUT2D eigenvalue weighted by atomic mass is 10.2. The van der Waals surface area contributed by atoms with Crippen LogP contribution in [0, 0.1) is 0 Å². The van der Waals surface area contributed by atoms with Crippen molar-refractivity contribution in [2.75, 3.05) is 13.7 Å². The summed E-state index contributed by atoms with van der Waals surface area (Å²) < 4.78 is 4.34. The van der Waals surface area contributed by atoms with Crippen LogP contribution in [0.25, 0.3) is 0 Å². The molecule has 17 heavy (non-hydrogen) atoms. The Morgan fingerprint density at radius 1 is 1.06 bits per heavy atom. The van der Waals surface area contributed by atoms with E-state index in [1.54, 1.807) is 0 Å². The fraction of sp³-hybridized carbons (Fsp3) is 0.600. The Kier molecular flexibility index (Phi) is 7.32. The van der Waals surface area contributed by atoms with E-state index in [-0.39, 0.29) is 38.0 Å². The van der Waals surface area contributed by atoms with Gasteiger partial charge in [0.05, 0.1) is 26.5 Å². The molecule has 1 amide bonds. The Hall–Kier alpha value is -1.92. The number of aliphatic carboxylic acids is 1. The van der Waals surface area contributed by atoms with E-state index >= 15 is 0 Å². The highest BCUT2D eigenvalue weighted by molar-refractivity contribution is 5.88. The number of ether oxygens (including phenoxy) is 1. The predicted octanol–water partition coefficient (Wildman–Crippen LogP) is -0.510. The van der Waals surface area contributed by atoms with Crippen LogP contribution in [0.3, 0.4) is 0 Å². The summed E-state index contributed by atoms with van der Waals surface area (Å²) in [7, 11) is 1.22. The van der Waals surface area contributed by atoms with E-state index in [0.717, 1.165) is 0 Å². The maximum Gasteiger partial charge on any atom is 0.306 e. The van der Waals surface area contributed by atoms with E-state index in [0.29, 0.717) is 0 Å². The molecule has 0 fully saturated rings. The van der Waals surface area contributed by atoms with Crippen LogP contribution in [0.5, 0.6) is 0 Å². The normalized spacial score (nSPS) is 9.47. The fourth-order valence-electron chi connectivity index (χ4n) is 0.938. The monoisotopic (exact) mass is 245 g/mol. The second kappa shape index (κ2) is 8.26. The molecule has 2 N–H and O–H groups in total. The van der Waals surface area contributed by atoms with Gasteiger partial charge in [0, 0.05) is 12.8 Å². The van der Waals surface area contributed by atoms with E-state index < -0.39 is 17.8 Å². The molecule has 0 aromatic carbocycles. The first-order valence-electron chi connectivity index (χ1n) is 5.02. The molecule has 0 bridgehead atoms. The van der Waals surface area contributed by atoms with Crippen molar-refractivity contribution in [2.45, 2.75) is 25.7 Å². The summed E-state index contributed by atoms with van der Waals surface area (Å²) in [5.41, 5.74) is 0. The molecular weight excluding hydrogens is 230 g/mol. The van der Waals surface area contributed by atoms with Gasteiger partial charge in [-0.3, -0.25) is 19.2 Å². The SMILES string of the molecule is COC(=O)CCC(=O)NCC(=O)CCC(=O)O. The molecule has 0 aliphatic carbocycles. The number of carbonyl (C=O) groups is 4. The number of esters is 1. The lowest BCUT2D eigenvalue weighted by Gasteiger charge is -2.03. The zero-order chi connectivity index (χ0) is 13.3. The number of Topliss-reactive ketones (excluding diaryl/α,β-unsaturated/α-hetero) is 1. The molecule has 7 nitrogen and oxygen atoms in total. The summed E-state index contributed by atoms with van der Waals surface area (Å²) in [6.07, 6.45) is -0.478. The van der Waals surface area contributed by atoms with Gasteiger partial charge in [-0.2, -0.15) is 0 Å². The van der Waals surface area contributed by atoms with Crippen molar-refractivity contribution in [2.24, 2.45) is 0 Å². The quantitative estimate of drug-likeness (QED) is 0.557. The summed E-state index contributed by atoms with van der Waals surface area (Å²) in [4.78, 5) is 43.1. The Morgan fingerprint density at radius 3 is 2.24 bits per heavy atom. The molecule has 7 heteroatoms. The number of methoxy groups -OCH3 is 1. The zero-order valence-corrected chi connectivity index (χ0v) is 9.52. The Morgan fingerprint density at radius 2 is 1.71 bits per heavy atom. The smallest absolute Gasteiger partial charge is 0.306 e. The third kappa shape index (κ3) is 9.04. The van der Waals surface area contributed by atoms with Gasteiger partial charge in [0.2, 0.25) is 5.91 Å². The molecule has 0 aromatic rings. The highest BCUT2D eigenvalue weighted by atomic mass is 16.5. The molecule has 0 unspecified atom stereocenters. The number of hydrogen-bond donors (Lipinski definition) is 2. The molecule has 96 valence electrons. The molecule has 0 saturated carbocycles. The molecule has 0 heterocycles. The van der Waals surface area contributed by atoms with Gasteiger partial charge in [0.15, 0.2) is 5.78 Å². The third-order valence-electron chi connectivity index (χ3n) is 1.88. The van der Waals surface area contributed by atoms with Crippen LogP contribution in [0.1, 0.15) is 25.7 Å². The van der Waals surface area contributed by atoms with Gasteiger partial charge in [-0.05, 0) is 0 Å². The highest BCUT2D eigenvalue weighted by Crippen LogP contribution is 1.93. The number of hydrogen-bond acceptors (Lipinski definition) is 5. The van der Waals surface area contributed by atoms with Crippen molar-refractivity contribution in [3.63, 3.8) is 0 Å². The van der Waals surface area contributed by atoms with Crippen LogP contribution in [-0.4, -0.2) is 42.4 Å². The van der Waals surface area contributed by atoms with Gasteiger partial charge >= 0.3 is 11.9 Å². The number of rotatable bonds is 8. The number of carboxylic acid groups (broad SMARTS) is 1. The molecule has 0 aliphatic heterocycles. The van der Waals surface area contributed by atoms with Crippen molar-refractivity contribution in [1.82, 2.24) is 5.32 Å². The highest BCUT2D eigenvalue weighted by Gasteiger charge is 2.09. The average molecular weight is 245 g/mol. The van der Waals surface area contributed by atoms with Gasteiger partial charge in [-0.25, -0.2) is 0 Å². The summed E-state index contributed by atoms with van der Waals surface area (Å²) in [5, 5.41) is 10.6. The van der Waals surface area contributed by atoms with Crippen LogP contribution in [0.2, 0.25) is 0 Å². The number of amides is 1. The van der Waals surface area contributed by atoms with Crippen molar-refractivity contribution < 1.29 is 29.0 Å². The minimum Gasteiger partial charge on any atom is -0.481 e. The first-order chi connectivity index (χ1) is 7.95. The second-order valence-corrected chi connectivity index (χ2v) is 3.29. The van der Waals surface area contributed by atoms with E-state index in [2.05, 4.69) is 10.1 Å². The van der Waals surface area contributed by atoms with E-state index in [4.69, 9.17) is 5.11 Å². The zero-order valence-electron chi connectivity index (χ0n) is 9.52. The number of ketones is 1. The van der Waals surface area contributed by atoms with Crippen molar-refractivity contribution >= 4 is 23.6 Å². The summed E-state index contributed by atoms with van der Waals surface area (Å²) >= 11 is 0. The molecule has 0 aromatic heterocycles. The Balaban J connectivity index is 3.66. The molecule has 0 radical (unpaired) electrons. The first-order valence-corrected chi connectivity index (χ1v) is 5.02. The van der Waals surface area contributed by atoms with E-state index in [1.165, 1.54) is 7.11 Å². The number of nitrogens with one attached hydrogen (secondary N) is 1. The Labute approximate surface area is 98.1 Å². The minimum atomic E-state index is -1.06. The van der Waals surface area contributed by atoms with Gasteiger partial charge in [-0.1, -0.05) is 0 Å². The van der Waals surface area contributed by atoms with Crippen LogP contribution in [-0.2, 0) is 23.9 Å². The molecular formula is C10H15NO6. The maximum atomic E-state index is 11.1. The van der Waals surface area contributed by atoms with Gasteiger partial charge in [0.25, 0.3) is 0 Å². The van der Waals surface area contributed by atoms with Crippen molar-refractivity contribution in [3.05, 3.63) is 0 Å². The standard InChI is InChI=1S/C10H15NO6/c1-17-10(16)5-3-8(13)11-6-7(12)2-4-9(14)15/h2-6H2,1H3,(H,11,13)(H,14,15). The Bertz CT molecular complexity index is 312. The van der Waals surface area contributed by atoms with Crippen LogP contribution < -0.4 is 5.32 Å². The molecule has 0 atom stereocenters. The molecule has 0 spiro atoms. The largest absolute Gasteiger partial charge is 0.481 e. The minimum absolute atomic E-state index is 0.0500. The maximum absolute atomic E-state index is 11.1. The fourth-order valence-corrected chi connectivity index (χ4v) is 0.938. The van der Waals surface area contributed by atoms with E-state index in [9.17, 15) is 19.2 Å². The summed E-state index contributed by atoms with van der Waals surface area (Å²) in [6, 6.07) is 0. The number of carbonyl (C=O) groups excluding carboxylic acids is 3. The van der Waals surface area contributed by atoms with Gasteiger partial charge in [-0.15, -0.1) is 0 Å². The van der Waals surface area contributed by atoms with Crippen molar-refractivity contribution in [3.8, 4) is 0 Å². The van der Waals surface area contributed by atoms with Crippen LogP contribution in [0.15, 0.2) is 0 Å². The van der Waals surface area contributed by atoms with E-state index in [1.807, 2.05) is 0 Å². The lowest BCUT2D eigenvalue weighted by Crippen LogP contribution is -2.30. The van der Waals surface area contributed by atoms with Gasteiger partial charge in [0.1, 0.15) is 0 Å². The topological polar surface area (TPSA) is 110 Å². The predicted molar refractivity (Wildman–Crippen MR) is 56.1 cm³/mol. The molecule has 0 rings (SSSR count). The molecule has 0 saturated heterocycles. The molecule has 0 aliphatic rings. The van der Waals surface area contributed by atoms with Crippen molar-refractivity contribution in [1.29, 1.82) is 0 Å². The van der Waals surface area contributed by atoms with Gasteiger partial charge < -0.3 is 15.2 Å². The second-order valence-electron chi connectivity index (χ2n) is 3.29. The number of carboxylic acids is 1. The average Bonchev–Trinajstić information content (AvgIpc) is 2.30. The summed E-state index contributed by atoms with van der Waals surface area (Å²) in [6.45, 7) is -0.215. The lowest BCUT2D eigenvalue weighted by molar-refractivity contribution is -0.142. The van der Waals surface area contributed by atoms with Crippen LogP contribution >= 0.6 is 0 Å². The third-order valence-corrected chi connectivity index (χ3v) is 1.88. The first kappa shape index (κ1) is 15.1. The summed E-state index contributed by atoms with van der Waals surface area (Å²) in [5.74, 6) is -2.37. The van der Waals surface area contributed by atoms with Crippen LogP contribution in [0.4, 0.5) is 0 Å².